The topological polar surface area (TPSA) is 12.9 Å². The molecule has 46 heavy (non-hydrogen) atoms. The zero-order chi connectivity index (χ0) is 31.3. The van der Waals surface area contributed by atoms with Crippen LogP contribution < -0.4 is 0 Å². The van der Waals surface area contributed by atoms with E-state index in [1.807, 2.05) is 12.3 Å². The summed E-state index contributed by atoms with van der Waals surface area (Å²) in [6.45, 7) is 6.90. The zero-order valence-electron chi connectivity index (χ0n) is 26.5. The highest BCUT2D eigenvalue weighted by molar-refractivity contribution is 6.23. The van der Waals surface area contributed by atoms with Gasteiger partial charge in [-0.15, -0.1) is 0 Å². The molecule has 0 aliphatic carbocycles. The number of benzene rings is 7. The van der Waals surface area contributed by atoms with E-state index in [9.17, 15) is 0 Å². The Bertz CT molecular complexity index is 2300. The second kappa shape index (κ2) is 11.1. The molecule has 7 aromatic carbocycles. The summed E-state index contributed by atoms with van der Waals surface area (Å²) in [6.07, 6.45) is 1.98. The average Bonchev–Trinajstić information content (AvgIpc) is 3.10. The van der Waals surface area contributed by atoms with E-state index >= 15 is 0 Å². The third kappa shape index (κ3) is 4.76. The summed E-state index contributed by atoms with van der Waals surface area (Å²) in [4.78, 5) is 4.77. The van der Waals surface area contributed by atoms with Crippen LogP contribution in [0.5, 0.6) is 0 Å². The Labute approximate surface area is 270 Å². The summed E-state index contributed by atoms with van der Waals surface area (Å²) in [5.41, 5.74) is 10.9. The molecule has 1 aromatic heterocycles. The van der Waals surface area contributed by atoms with E-state index in [2.05, 4.69) is 166 Å². The van der Waals surface area contributed by atoms with Gasteiger partial charge in [-0.3, -0.25) is 4.98 Å². The van der Waals surface area contributed by atoms with Gasteiger partial charge in [-0.2, -0.15) is 0 Å². The van der Waals surface area contributed by atoms with Crippen LogP contribution in [0.15, 0.2) is 158 Å². The van der Waals surface area contributed by atoms with Crippen LogP contribution in [0.4, 0.5) is 0 Å². The molecule has 0 aliphatic heterocycles. The highest BCUT2D eigenvalue weighted by Gasteiger charge is 2.21. The summed E-state index contributed by atoms with van der Waals surface area (Å²) < 4.78 is 0. The number of hydrogen-bond donors (Lipinski definition) is 0. The normalized spacial score (nSPS) is 11.8. The predicted molar refractivity (Wildman–Crippen MR) is 197 cm³/mol. The fourth-order valence-electron chi connectivity index (χ4n) is 7.09. The quantitative estimate of drug-likeness (QED) is 0.186. The lowest BCUT2D eigenvalue weighted by atomic mass is 9.81. The third-order valence-electron chi connectivity index (χ3n) is 9.27. The van der Waals surface area contributed by atoms with Crippen LogP contribution in [0.25, 0.3) is 77.0 Å². The molecule has 0 aliphatic rings. The maximum Gasteiger partial charge on any atom is 0.0702 e. The number of aromatic nitrogens is 1. The molecule has 0 radical (unpaired) electrons. The first-order chi connectivity index (χ1) is 22.5. The van der Waals surface area contributed by atoms with Gasteiger partial charge in [0.05, 0.1) is 5.69 Å². The fourth-order valence-corrected chi connectivity index (χ4v) is 7.09. The molecule has 8 rings (SSSR count). The van der Waals surface area contributed by atoms with Crippen molar-refractivity contribution in [1.29, 1.82) is 0 Å². The van der Waals surface area contributed by atoms with E-state index in [0.717, 1.165) is 22.4 Å². The van der Waals surface area contributed by atoms with Crippen molar-refractivity contribution >= 4 is 32.3 Å². The standard InChI is InChI=1S/C45H35N/c1-45(2,3)41-22-12-19-34-35(41)20-11-21-36(34)44-39-17-9-7-15-37(39)43(38-16-8-10-18-40(38)44)32-25-23-30(24-26-32)33-27-28-42(46-29-33)31-13-5-4-6-14-31/h4-29H,1-3H3. The van der Waals surface area contributed by atoms with Crippen LogP contribution in [0.1, 0.15) is 26.3 Å². The van der Waals surface area contributed by atoms with Gasteiger partial charge in [-0.1, -0.05) is 166 Å². The minimum Gasteiger partial charge on any atom is -0.256 e. The molecule has 1 heterocycles. The summed E-state index contributed by atoms with van der Waals surface area (Å²) >= 11 is 0. The van der Waals surface area contributed by atoms with Crippen molar-refractivity contribution in [3.63, 3.8) is 0 Å². The molecule has 0 fully saturated rings. The molecular formula is C45H35N. The van der Waals surface area contributed by atoms with Gasteiger partial charge in [0.1, 0.15) is 0 Å². The van der Waals surface area contributed by atoms with Crippen LogP contribution in [0, 0.1) is 0 Å². The summed E-state index contributed by atoms with van der Waals surface area (Å²) in [7, 11) is 0. The summed E-state index contributed by atoms with van der Waals surface area (Å²) in [5, 5.41) is 7.70. The summed E-state index contributed by atoms with van der Waals surface area (Å²) in [6, 6.07) is 55.0. The smallest absolute Gasteiger partial charge is 0.0702 e. The number of rotatable bonds is 4. The van der Waals surface area contributed by atoms with Crippen molar-refractivity contribution < 1.29 is 0 Å². The minimum atomic E-state index is 0.0539. The zero-order valence-corrected chi connectivity index (χ0v) is 26.5. The average molecular weight is 590 g/mol. The first-order valence-electron chi connectivity index (χ1n) is 16.1. The highest BCUT2D eigenvalue weighted by Crippen LogP contribution is 2.46. The Balaban J connectivity index is 1.29. The molecular weight excluding hydrogens is 555 g/mol. The van der Waals surface area contributed by atoms with Crippen molar-refractivity contribution in [1.82, 2.24) is 4.98 Å². The number of pyridine rings is 1. The lowest BCUT2D eigenvalue weighted by Crippen LogP contribution is -2.11. The fraction of sp³-hybridized carbons (Fsp3) is 0.0889. The lowest BCUT2D eigenvalue weighted by molar-refractivity contribution is 0.596. The Kier molecular flexibility index (Phi) is 6.76. The van der Waals surface area contributed by atoms with E-state index in [1.165, 1.54) is 60.1 Å². The molecule has 0 unspecified atom stereocenters. The largest absolute Gasteiger partial charge is 0.256 e. The monoisotopic (exact) mass is 589 g/mol. The van der Waals surface area contributed by atoms with E-state index in [0.29, 0.717) is 0 Å². The molecule has 1 nitrogen and oxygen atoms in total. The summed E-state index contributed by atoms with van der Waals surface area (Å²) in [5.74, 6) is 0. The van der Waals surface area contributed by atoms with Gasteiger partial charge < -0.3 is 0 Å². The molecule has 0 bridgehead atoms. The van der Waals surface area contributed by atoms with Crippen molar-refractivity contribution in [2.75, 3.05) is 0 Å². The molecule has 0 saturated heterocycles. The highest BCUT2D eigenvalue weighted by atomic mass is 14.7. The van der Waals surface area contributed by atoms with E-state index in [-0.39, 0.29) is 5.41 Å². The van der Waals surface area contributed by atoms with E-state index in [4.69, 9.17) is 4.98 Å². The van der Waals surface area contributed by atoms with E-state index in [1.54, 1.807) is 0 Å². The lowest BCUT2D eigenvalue weighted by Gasteiger charge is -2.23. The first-order valence-corrected chi connectivity index (χ1v) is 16.1. The second-order valence-corrected chi connectivity index (χ2v) is 13.2. The van der Waals surface area contributed by atoms with Gasteiger partial charge in [0.25, 0.3) is 0 Å². The molecule has 0 N–H and O–H groups in total. The maximum absolute atomic E-state index is 4.77. The van der Waals surface area contributed by atoms with Crippen molar-refractivity contribution in [3.8, 4) is 44.6 Å². The van der Waals surface area contributed by atoms with Crippen LogP contribution in [0.3, 0.4) is 0 Å². The Morgan fingerprint density at radius 1 is 0.370 bits per heavy atom. The van der Waals surface area contributed by atoms with E-state index < -0.39 is 0 Å². The Morgan fingerprint density at radius 3 is 1.50 bits per heavy atom. The van der Waals surface area contributed by atoms with Crippen LogP contribution in [-0.4, -0.2) is 4.98 Å². The number of nitrogens with zero attached hydrogens (tertiary/aromatic N) is 1. The van der Waals surface area contributed by atoms with Crippen LogP contribution >= 0.6 is 0 Å². The van der Waals surface area contributed by atoms with Gasteiger partial charge in [0.15, 0.2) is 0 Å². The first kappa shape index (κ1) is 28.0. The number of fused-ring (bicyclic) bond motifs is 3. The van der Waals surface area contributed by atoms with Crippen molar-refractivity contribution in [3.05, 3.63) is 163 Å². The molecule has 1 heteroatoms. The van der Waals surface area contributed by atoms with Crippen molar-refractivity contribution in [2.45, 2.75) is 26.2 Å². The molecule has 220 valence electrons. The van der Waals surface area contributed by atoms with Gasteiger partial charge in [-0.05, 0) is 77.2 Å². The third-order valence-corrected chi connectivity index (χ3v) is 9.27. The van der Waals surface area contributed by atoms with Crippen LogP contribution in [-0.2, 0) is 5.41 Å². The predicted octanol–water partition coefficient (Wildman–Crippen LogP) is 12.5. The van der Waals surface area contributed by atoms with Gasteiger partial charge in [-0.25, -0.2) is 0 Å². The second-order valence-electron chi connectivity index (χ2n) is 13.2. The molecule has 0 amide bonds. The SMILES string of the molecule is CC(C)(C)c1cccc2c(-c3c4ccccc4c(-c4ccc(-c5ccc(-c6ccccc6)nc5)cc4)c4ccccc34)cccc12. The molecule has 0 spiro atoms. The number of hydrogen-bond acceptors (Lipinski definition) is 1. The van der Waals surface area contributed by atoms with Crippen LogP contribution in [0.2, 0.25) is 0 Å². The van der Waals surface area contributed by atoms with Crippen molar-refractivity contribution in [2.24, 2.45) is 0 Å². The Morgan fingerprint density at radius 2 is 0.891 bits per heavy atom. The van der Waals surface area contributed by atoms with Gasteiger partial charge in [0, 0.05) is 17.3 Å². The minimum absolute atomic E-state index is 0.0539. The maximum atomic E-state index is 4.77. The van der Waals surface area contributed by atoms with Gasteiger partial charge in [0.2, 0.25) is 0 Å². The molecule has 0 saturated carbocycles. The molecule has 0 atom stereocenters. The molecule has 8 aromatic rings. The Hall–Kier alpha value is -5.53. The van der Waals surface area contributed by atoms with Gasteiger partial charge >= 0.3 is 0 Å².